The third-order valence-electron chi connectivity index (χ3n) is 1.90. The summed E-state index contributed by atoms with van der Waals surface area (Å²) in [4.78, 5) is 0. The summed E-state index contributed by atoms with van der Waals surface area (Å²) in [6.45, 7) is 0. The number of halogens is 1. The summed E-state index contributed by atoms with van der Waals surface area (Å²) in [6, 6.07) is 16.9. The van der Waals surface area contributed by atoms with Gasteiger partial charge in [-0.05, 0) is 0 Å². The molecule has 0 aliphatic carbocycles. The minimum atomic E-state index is 0. The van der Waals surface area contributed by atoms with Crippen LogP contribution in [-0.2, 0) is 5.44 Å². The van der Waals surface area contributed by atoms with Crippen molar-refractivity contribution in [2.75, 3.05) is 0 Å². The van der Waals surface area contributed by atoms with E-state index in [1.807, 2.05) is 6.07 Å². The van der Waals surface area contributed by atoms with Crippen LogP contribution in [0.25, 0.3) is 0 Å². The number of benzene rings is 1. The molecule has 0 radical (unpaired) electrons. The third kappa shape index (κ3) is 4.17. The molecule has 3 heteroatoms. The number of pyridine rings is 1. The second kappa shape index (κ2) is 6.78. The minimum absolute atomic E-state index is 0. The molecule has 1 nitrogen and oxygen atoms in total. The van der Waals surface area contributed by atoms with Crippen molar-refractivity contribution in [3.63, 3.8) is 0 Å². The molecule has 0 saturated carbocycles. The molecule has 0 unspecified atom stereocenters. The second-order valence-corrected chi connectivity index (χ2v) is 5.11. The number of hydrogen-bond acceptors (Lipinski definition) is 0. The van der Waals surface area contributed by atoms with Crippen LogP contribution in [0.15, 0.2) is 60.9 Å². The molecule has 1 heterocycles. The van der Waals surface area contributed by atoms with Crippen LogP contribution in [0.3, 0.4) is 0 Å². The first kappa shape index (κ1) is 12.4. The molecule has 78 valence electrons. The molecular formula is C12H12BrNSe. The van der Waals surface area contributed by atoms with Crippen LogP contribution >= 0.6 is 0 Å². The van der Waals surface area contributed by atoms with E-state index in [-0.39, 0.29) is 17.0 Å². The van der Waals surface area contributed by atoms with Crippen LogP contribution in [-0.4, -0.2) is 15.0 Å². The van der Waals surface area contributed by atoms with E-state index in [0.29, 0.717) is 15.0 Å². The van der Waals surface area contributed by atoms with Crippen molar-refractivity contribution < 1.29 is 21.5 Å². The van der Waals surface area contributed by atoms with Crippen molar-refractivity contribution in [1.82, 2.24) is 0 Å². The first-order valence-electron chi connectivity index (χ1n) is 4.57. The van der Waals surface area contributed by atoms with Crippen molar-refractivity contribution in [3.8, 4) is 0 Å². The van der Waals surface area contributed by atoms with E-state index in [4.69, 9.17) is 0 Å². The summed E-state index contributed by atoms with van der Waals surface area (Å²) in [5.74, 6) is 0. The van der Waals surface area contributed by atoms with Crippen LogP contribution in [0, 0.1) is 0 Å². The molecule has 2 aromatic rings. The Hall–Kier alpha value is -0.631. The van der Waals surface area contributed by atoms with Crippen molar-refractivity contribution in [3.05, 3.63) is 60.9 Å². The third-order valence-corrected chi connectivity index (χ3v) is 4.07. The zero-order chi connectivity index (χ0) is 9.64. The van der Waals surface area contributed by atoms with Gasteiger partial charge in [0.2, 0.25) is 0 Å². The van der Waals surface area contributed by atoms with Gasteiger partial charge in [0.15, 0.2) is 0 Å². The number of aromatic nitrogens is 1. The zero-order valence-electron chi connectivity index (χ0n) is 8.21. The molecule has 0 saturated heterocycles. The maximum atomic E-state index is 2.23. The Bertz CT molecular complexity index is 338. The number of rotatable bonds is 3. The Labute approximate surface area is 107 Å². The molecule has 0 atom stereocenters. The Balaban J connectivity index is 0.00000112. The predicted molar refractivity (Wildman–Crippen MR) is 58.5 cm³/mol. The summed E-state index contributed by atoms with van der Waals surface area (Å²) in [5, 5.41) is 0. The van der Waals surface area contributed by atoms with Crippen LogP contribution in [0.2, 0.25) is 0 Å². The van der Waals surface area contributed by atoms with E-state index >= 15 is 0 Å². The van der Waals surface area contributed by atoms with Crippen molar-refractivity contribution >= 4 is 19.4 Å². The van der Waals surface area contributed by atoms with Gasteiger partial charge in [-0.15, -0.1) is 0 Å². The van der Waals surface area contributed by atoms with E-state index in [1.165, 1.54) is 4.46 Å². The zero-order valence-corrected chi connectivity index (χ0v) is 11.5. The van der Waals surface area contributed by atoms with Gasteiger partial charge < -0.3 is 17.0 Å². The molecule has 0 N–H and O–H groups in total. The van der Waals surface area contributed by atoms with E-state index in [0.717, 1.165) is 5.44 Å². The molecule has 0 bridgehead atoms. The molecule has 0 aliphatic rings. The van der Waals surface area contributed by atoms with Crippen LogP contribution in [0.4, 0.5) is 0 Å². The van der Waals surface area contributed by atoms with E-state index in [9.17, 15) is 0 Å². The maximum absolute atomic E-state index is 2.23. The predicted octanol–water partition coefficient (Wildman–Crippen LogP) is -2.03. The Morgan fingerprint density at radius 2 is 1.47 bits per heavy atom. The fourth-order valence-electron chi connectivity index (χ4n) is 1.19. The van der Waals surface area contributed by atoms with E-state index in [1.54, 1.807) is 0 Å². The van der Waals surface area contributed by atoms with Gasteiger partial charge in [0.1, 0.15) is 0 Å². The van der Waals surface area contributed by atoms with Crippen LogP contribution in [0.1, 0.15) is 0 Å². The number of hydrogen-bond donors (Lipinski definition) is 0. The molecule has 2 rings (SSSR count). The molecule has 15 heavy (non-hydrogen) atoms. The van der Waals surface area contributed by atoms with Gasteiger partial charge in [-0.1, -0.05) is 0 Å². The fourth-order valence-corrected chi connectivity index (χ4v) is 2.91. The summed E-state index contributed by atoms with van der Waals surface area (Å²) in [5.41, 5.74) is 1.11. The Kier molecular flexibility index (Phi) is 5.62. The molecule has 0 aliphatic heterocycles. The van der Waals surface area contributed by atoms with Crippen LogP contribution < -0.4 is 26.0 Å². The van der Waals surface area contributed by atoms with E-state index in [2.05, 4.69) is 59.4 Å². The first-order valence-corrected chi connectivity index (χ1v) is 6.64. The summed E-state index contributed by atoms with van der Waals surface area (Å²) < 4.78 is 3.68. The van der Waals surface area contributed by atoms with Gasteiger partial charge in [-0.2, -0.15) is 0 Å². The second-order valence-electron chi connectivity index (χ2n) is 2.98. The molecule has 0 spiro atoms. The van der Waals surface area contributed by atoms with Gasteiger partial charge in [0.05, 0.1) is 0 Å². The van der Waals surface area contributed by atoms with Crippen LogP contribution in [0.5, 0.6) is 0 Å². The molecular weight excluding hydrogens is 317 g/mol. The Morgan fingerprint density at radius 1 is 0.867 bits per heavy atom. The van der Waals surface area contributed by atoms with Gasteiger partial charge in [-0.3, -0.25) is 0 Å². The fraction of sp³-hybridized carbons (Fsp3) is 0.0833. The first-order chi connectivity index (χ1) is 6.95. The monoisotopic (exact) mass is 329 g/mol. The van der Waals surface area contributed by atoms with Gasteiger partial charge in [-0.25, -0.2) is 0 Å². The van der Waals surface area contributed by atoms with E-state index < -0.39 is 0 Å². The molecule has 0 fully saturated rings. The SMILES string of the molecule is [Br-].c1ccc([Se]C[n+]2ccccc2)cc1. The van der Waals surface area contributed by atoms with Crippen molar-refractivity contribution in [2.45, 2.75) is 5.44 Å². The molecule has 0 amide bonds. The topological polar surface area (TPSA) is 3.88 Å². The van der Waals surface area contributed by atoms with Gasteiger partial charge >= 0.3 is 90.4 Å². The summed E-state index contributed by atoms with van der Waals surface area (Å²) in [6.07, 6.45) is 4.23. The Morgan fingerprint density at radius 3 is 2.13 bits per heavy atom. The standard InChI is InChI=1S/C12H12NSe.BrH/c1-3-7-12(8-4-1)14-11-13-9-5-2-6-10-13;/h1-10H,11H2;1H/q+1;/p-1. The van der Waals surface area contributed by atoms with Gasteiger partial charge in [0, 0.05) is 0 Å². The molecule has 1 aromatic carbocycles. The van der Waals surface area contributed by atoms with Crippen molar-refractivity contribution in [2.24, 2.45) is 0 Å². The normalized spacial score (nSPS) is 9.33. The summed E-state index contributed by atoms with van der Waals surface area (Å²) >= 11 is 0.535. The average molecular weight is 329 g/mol. The molecule has 1 aromatic heterocycles. The van der Waals surface area contributed by atoms with Gasteiger partial charge in [0.25, 0.3) is 0 Å². The number of nitrogens with zero attached hydrogens (tertiary/aromatic N) is 1. The summed E-state index contributed by atoms with van der Waals surface area (Å²) in [7, 11) is 0. The average Bonchev–Trinajstić information content (AvgIpc) is 2.29. The quantitative estimate of drug-likeness (QED) is 0.452. The van der Waals surface area contributed by atoms with Crippen molar-refractivity contribution in [1.29, 1.82) is 0 Å².